The van der Waals surface area contributed by atoms with Gasteiger partial charge in [-0.2, -0.15) is 10.2 Å². The molecule has 0 radical (unpaired) electrons. The fourth-order valence-electron chi connectivity index (χ4n) is 3.62. The lowest BCUT2D eigenvalue weighted by Crippen LogP contribution is -2.15. The minimum absolute atomic E-state index is 0.102. The van der Waals surface area contributed by atoms with E-state index in [0.29, 0.717) is 17.7 Å². The molecule has 6 heteroatoms. The van der Waals surface area contributed by atoms with Crippen molar-refractivity contribution in [2.45, 2.75) is 33.7 Å². The molecule has 4 aromatic rings. The lowest BCUT2D eigenvalue weighted by Gasteiger charge is -2.19. The normalized spacial score (nSPS) is 11.7. The number of carbonyl (C=O) groups is 1. The fourth-order valence-corrected chi connectivity index (χ4v) is 3.62. The van der Waals surface area contributed by atoms with Crippen LogP contribution in [-0.2, 0) is 13.0 Å². The fraction of sp³-hybridized carbons (Fsp3) is 0.250. The largest absolute Gasteiger partial charge is 0.478 e. The molecule has 0 bridgehead atoms. The van der Waals surface area contributed by atoms with Gasteiger partial charge in [-0.05, 0) is 28.2 Å². The van der Waals surface area contributed by atoms with Gasteiger partial charge in [0.25, 0.3) is 0 Å². The summed E-state index contributed by atoms with van der Waals surface area (Å²) in [7, 11) is 0. The van der Waals surface area contributed by atoms with Gasteiger partial charge >= 0.3 is 5.97 Å². The standard InChI is InChI=1S/C24H24N4O2/c1-24(2,3)12-22-27-20-13-25-26-14-21(20)28(22)15-16-8-10-17(11-9-16)18-6-4-5-7-19(18)23(29)30/h4-11,13-14H,12,15H2,1-3H3,(H,29,30). The van der Waals surface area contributed by atoms with E-state index in [0.717, 1.165) is 34.4 Å². The summed E-state index contributed by atoms with van der Waals surface area (Å²) < 4.78 is 2.19. The molecular formula is C24H24N4O2. The summed E-state index contributed by atoms with van der Waals surface area (Å²) in [6.45, 7) is 7.25. The zero-order valence-electron chi connectivity index (χ0n) is 17.3. The molecule has 0 fully saturated rings. The molecular weight excluding hydrogens is 376 g/mol. The highest BCUT2D eigenvalue weighted by molar-refractivity contribution is 5.96. The molecule has 0 atom stereocenters. The van der Waals surface area contributed by atoms with Gasteiger partial charge in [0.2, 0.25) is 0 Å². The summed E-state index contributed by atoms with van der Waals surface area (Å²) >= 11 is 0. The van der Waals surface area contributed by atoms with Gasteiger partial charge in [0.15, 0.2) is 0 Å². The average Bonchev–Trinajstić information content (AvgIpc) is 3.04. The van der Waals surface area contributed by atoms with E-state index in [9.17, 15) is 9.90 Å². The van der Waals surface area contributed by atoms with Crippen LogP contribution in [0.5, 0.6) is 0 Å². The summed E-state index contributed by atoms with van der Waals surface area (Å²) in [5.74, 6) is 0.0834. The van der Waals surface area contributed by atoms with Crippen molar-refractivity contribution in [2.24, 2.45) is 5.41 Å². The van der Waals surface area contributed by atoms with Crippen LogP contribution in [0.1, 0.15) is 42.5 Å². The monoisotopic (exact) mass is 400 g/mol. The number of aromatic nitrogens is 4. The van der Waals surface area contributed by atoms with Crippen LogP contribution in [0.3, 0.4) is 0 Å². The van der Waals surface area contributed by atoms with Crippen molar-refractivity contribution in [1.82, 2.24) is 19.7 Å². The molecule has 0 aliphatic heterocycles. The molecule has 0 spiro atoms. The number of nitrogens with zero attached hydrogens (tertiary/aromatic N) is 4. The van der Waals surface area contributed by atoms with Crippen molar-refractivity contribution >= 4 is 17.0 Å². The highest BCUT2D eigenvalue weighted by Crippen LogP contribution is 2.26. The summed E-state index contributed by atoms with van der Waals surface area (Å²) in [6.07, 6.45) is 4.29. The molecule has 2 aromatic carbocycles. The number of fused-ring (bicyclic) bond motifs is 1. The highest BCUT2D eigenvalue weighted by Gasteiger charge is 2.19. The second-order valence-electron chi connectivity index (χ2n) is 8.66. The van der Waals surface area contributed by atoms with Gasteiger partial charge in [-0.25, -0.2) is 9.78 Å². The lowest BCUT2D eigenvalue weighted by molar-refractivity contribution is 0.0697. The Morgan fingerprint density at radius 3 is 2.40 bits per heavy atom. The van der Waals surface area contributed by atoms with E-state index in [2.05, 4.69) is 35.5 Å². The van der Waals surface area contributed by atoms with E-state index in [1.807, 2.05) is 36.4 Å². The predicted octanol–water partition coefficient (Wildman–Crippen LogP) is 4.83. The molecule has 0 amide bonds. The quantitative estimate of drug-likeness (QED) is 0.519. The van der Waals surface area contributed by atoms with Crippen LogP contribution in [0.15, 0.2) is 60.9 Å². The van der Waals surface area contributed by atoms with Gasteiger partial charge in [0.1, 0.15) is 11.3 Å². The molecule has 6 nitrogen and oxygen atoms in total. The SMILES string of the molecule is CC(C)(C)Cc1nc2cnncc2n1Cc1ccc(-c2ccccc2C(=O)O)cc1. The molecule has 152 valence electrons. The van der Waals surface area contributed by atoms with E-state index < -0.39 is 5.97 Å². The number of carboxylic acids is 1. The third-order valence-electron chi connectivity index (χ3n) is 4.99. The van der Waals surface area contributed by atoms with Crippen LogP contribution in [0.2, 0.25) is 0 Å². The van der Waals surface area contributed by atoms with E-state index in [4.69, 9.17) is 4.98 Å². The first kappa shape index (κ1) is 19.8. The molecule has 4 rings (SSSR count). The highest BCUT2D eigenvalue weighted by atomic mass is 16.4. The molecule has 30 heavy (non-hydrogen) atoms. The van der Waals surface area contributed by atoms with Crippen LogP contribution in [-0.4, -0.2) is 30.8 Å². The number of hydrogen-bond acceptors (Lipinski definition) is 4. The third-order valence-corrected chi connectivity index (χ3v) is 4.99. The summed E-state index contributed by atoms with van der Waals surface area (Å²) in [4.78, 5) is 16.3. The maximum absolute atomic E-state index is 11.5. The number of carboxylic acid groups (broad SMARTS) is 1. The number of rotatable bonds is 5. The Hall–Kier alpha value is -3.54. The van der Waals surface area contributed by atoms with Gasteiger partial charge in [-0.1, -0.05) is 63.2 Å². The molecule has 1 N–H and O–H groups in total. The molecule has 0 unspecified atom stereocenters. The van der Waals surface area contributed by atoms with E-state index in [1.54, 1.807) is 24.5 Å². The number of aromatic carboxylic acids is 1. The molecule has 2 aromatic heterocycles. The lowest BCUT2D eigenvalue weighted by atomic mass is 9.92. The average molecular weight is 400 g/mol. The molecule has 0 saturated carbocycles. The Morgan fingerprint density at radius 1 is 1.00 bits per heavy atom. The minimum Gasteiger partial charge on any atom is -0.478 e. The van der Waals surface area contributed by atoms with Gasteiger partial charge in [-0.3, -0.25) is 0 Å². The Bertz CT molecular complexity index is 1200. The van der Waals surface area contributed by atoms with Crippen molar-refractivity contribution in [1.29, 1.82) is 0 Å². The summed E-state index contributed by atoms with van der Waals surface area (Å²) in [6, 6.07) is 15.1. The van der Waals surface area contributed by atoms with E-state index >= 15 is 0 Å². The van der Waals surface area contributed by atoms with E-state index in [1.165, 1.54) is 0 Å². The van der Waals surface area contributed by atoms with Crippen LogP contribution in [0, 0.1) is 5.41 Å². The summed E-state index contributed by atoms with van der Waals surface area (Å²) in [5, 5.41) is 17.5. The van der Waals surface area contributed by atoms with Gasteiger partial charge in [0, 0.05) is 13.0 Å². The minimum atomic E-state index is -0.924. The van der Waals surface area contributed by atoms with Crippen LogP contribution in [0.4, 0.5) is 0 Å². The molecule has 0 saturated heterocycles. The zero-order valence-corrected chi connectivity index (χ0v) is 17.3. The maximum atomic E-state index is 11.5. The van der Waals surface area contributed by atoms with Crippen LogP contribution >= 0.6 is 0 Å². The topological polar surface area (TPSA) is 80.9 Å². The first-order valence-electron chi connectivity index (χ1n) is 9.89. The Morgan fingerprint density at radius 2 is 1.70 bits per heavy atom. The molecule has 0 aliphatic carbocycles. The number of benzene rings is 2. The van der Waals surface area contributed by atoms with Crippen LogP contribution < -0.4 is 0 Å². The Kier molecular flexibility index (Phi) is 5.08. The summed E-state index contributed by atoms with van der Waals surface area (Å²) in [5.41, 5.74) is 4.92. The smallest absolute Gasteiger partial charge is 0.336 e. The van der Waals surface area contributed by atoms with Gasteiger partial charge in [-0.15, -0.1) is 0 Å². The number of hydrogen-bond donors (Lipinski definition) is 1. The molecule has 2 heterocycles. The van der Waals surface area contributed by atoms with Crippen molar-refractivity contribution in [3.8, 4) is 11.1 Å². The maximum Gasteiger partial charge on any atom is 0.336 e. The zero-order chi connectivity index (χ0) is 21.3. The van der Waals surface area contributed by atoms with Crippen molar-refractivity contribution in [3.05, 3.63) is 77.9 Å². The van der Waals surface area contributed by atoms with Crippen molar-refractivity contribution in [2.75, 3.05) is 0 Å². The van der Waals surface area contributed by atoms with Gasteiger partial charge < -0.3 is 9.67 Å². The Balaban J connectivity index is 1.68. The van der Waals surface area contributed by atoms with Crippen molar-refractivity contribution < 1.29 is 9.90 Å². The van der Waals surface area contributed by atoms with Gasteiger partial charge in [0.05, 0.1) is 23.5 Å². The van der Waals surface area contributed by atoms with Crippen LogP contribution in [0.25, 0.3) is 22.2 Å². The Labute approximate surface area is 175 Å². The van der Waals surface area contributed by atoms with E-state index in [-0.39, 0.29) is 5.41 Å². The second kappa shape index (κ2) is 7.71. The third kappa shape index (κ3) is 4.08. The number of imidazole rings is 1. The molecule has 0 aliphatic rings. The first-order chi connectivity index (χ1) is 14.3. The first-order valence-corrected chi connectivity index (χ1v) is 9.89. The second-order valence-corrected chi connectivity index (χ2v) is 8.66. The predicted molar refractivity (Wildman–Crippen MR) is 116 cm³/mol. The van der Waals surface area contributed by atoms with Crippen molar-refractivity contribution in [3.63, 3.8) is 0 Å².